The molecule has 0 saturated heterocycles. The summed E-state index contributed by atoms with van der Waals surface area (Å²) in [6, 6.07) is 4.95. The third-order valence-corrected chi connectivity index (χ3v) is 5.31. The summed E-state index contributed by atoms with van der Waals surface area (Å²) in [5, 5.41) is 11.3. The molecule has 128 valence electrons. The van der Waals surface area contributed by atoms with Gasteiger partial charge in [-0.05, 0) is 37.6 Å². The van der Waals surface area contributed by atoms with Crippen LogP contribution in [0.3, 0.4) is 0 Å². The first kappa shape index (κ1) is 18.9. The number of carbonyl (C=O) groups is 1. The number of thiazole rings is 1. The van der Waals surface area contributed by atoms with Gasteiger partial charge in [-0.2, -0.15) is 0 Å². The van der Waals surface area contributed by atoms with Crippen LogP contribution in [0.2, 0.25) is 10.0 Å². The molecule has 4 nitrogen and oxygen atoms in total. The van der Waals surface area contributed by atoms with Crippen LogP contribution in [0, 0.1) is 0 Å². The number of hydrogen-bond donors (Lipinski definition) is 1. The summed E-state index contributed by atoms with van der Waals surface area (Å²) in [6.07, 6.45) is 2.32. The largest absolute Gasteiger partial charge is 0.386 e. The molecule has 24 heavy (non-hydrogen) atoms. The average Bonchev–Trinajstić information content (AvgIpc) is 3.00. The Labute approximate surface area is 155 Å². The number of aliphatic hydroxyl groups is 1. The fourth-order valence-corrected chi connectivity index (χ4v) is 3.71. The molecule has 1 amide bonds. The van der Waals surface area contributed by atoms with E-state index in [1.165, 1.54) is 17.4 Å². The van der Waals surface area contributed by atoms with Gasteiger partial charge >= 0.3 is 0 Å². The van der Waals surface area contributed by atoms with Gasteiger partial charge in [0.2, 0.25) is 5.91 Å². The molecule has 2 rings (SSSR count). The number of hydrogen-bond acceptors (Lipinski definition) is 4. The van der Waals surface area contributed by atoms with Crippen LogP contribution in [0.1, 0.15) is 41.4 Å². The topological polar surface area (TPSA) is 53.4 Å². The number of aliphatic hydroxyl groups excluding tert-OH is 1. The molecule has 1 heterocycles. The number of benzene rings is 1. The highest BCUT2D eigenvalue weighted by Crippen LogP contribution is 2.32. The van der Waals surface area contributed by atoms with E-state index < -0.39 is 6.10 Å². The van der Waals surface area contributed by atoms with E-state index in [1.54, 1.807) is 30.2 Å². The van der Waals surface area contributed by atoms with E-state index in [4.69, 9.17) is 23.2 Å². The smallest absolute Gasteiger partial charge is 0.246 e. The summed E-state index contributed by atoms with van der Waals surface area (Å²) in [5.41, 5.74) is 0.802. The van der Waals surface area contributed by atoms with Crippen molar-refractivity contribution in [3.8, 4) is 0 Å². The van der Waals surface area contributed by atoms with Gasteiger partial charge in [-0.1, -0.05) is 35.8 Å². The lowest BCUT2D eigenvalue weighted by molar-refractivity contribution is -0.128. The Morgan fingerprint density at radius 1 is 1.46 bits per heavy atom. The number of halogens is 2. The number of rotatable bonds is 6. The van der Waals surface area contributed by atoms with E-state index in [0.29, 0.717) is 21.6 Å². The maximum atomic E-state index is 12.3. The van der Waals surface area contributed by atoms with E-state index in [0.717, 1.165) is 10.4 Å². The van der Waals surface area contributed by atoms with Crippen LogP contribution in [-0.4, -0.2) is 20.9 Å². The molecule has 0 aliphatic carbocycles. The summed E-state index contributed by atoms with van der Waals surface area (Å²) in [5.74, 6) is -0.208. The Bertz CT molecular complexity index is 746. The molecule has 1 aromatic carbocycles. The van der Waals surface area contributed by atoms with E-state index in [-0.39, 0.29) is 11.9 Å². The quantitative estimate of drug-likeness (QED) is 0.729. The van der Waals surface area contributed by atoms with Crippen molar-refractivity contribution >= 4 is 40.4 Å². The first-order valence-electron chi connectivity index (χ1n) is 7.34. The molecule has 1 aromatic heterocycles. The van der Waals surface area contributed by atoms with Crippen molar-refractivity contribution in [2.45, 2.75) is 32.5 Å². The van der Waals surface area contributed by atoms with Gasteiger partial charge in [-0.3, -0.25) is 4.79 Å². The summed E-state index contributed by atoms with van der Waals surface area (Å²) in [7, 11) is 0. The molecular weight excluding hydrogens is 367 g/mol. The predicted molar refractivity (Wildman–Crippen MR) is 98.4 cm³/mol. The second-order valence-electron chi connectivity index (χ2n) is 5.35. The van der Waals surface area contributed by atoms with Crippen molar-refractivity contribution < 1.29 is 9.90 Å². The molecular formula is C17H18Cl2N2O2S. The molecule has 0 fully saturated rings. The minimum atomic E-state index is -0.629. The normalized spacial score (nSPS) is 13.4. The summed E-state index contributed by atoms with van der Waals surface area (Å²) >= 11 is 13.6. The Balaban J connectivity index is 2.30. The fourth-order valence-electron chi connectivity index (χ4n) is 2.29. The van der Waals surface area contributed by atoms with Gasteiger partial charge in [0.05, 0.1) is 12.6 Å². The Morgan fingerprint density at radius 3 is 2.71 bits per heavy atom. The first-order valence-corrected chi connectivity index (χ1v) is 8.91. The lowest BCUT2D eigenvalue weighted by Crippen LogP contribution is -2.31. The predicted octanol–water partition coefficient (Wildman–Crippen LogP) is 4.78. The molecule has 2 unspecified atom stereocenters. The Hall–Kier alpha value is -1.40. The van der Waals surface area contributed by atoms with E-state index in [1.807, 2.05) is 13.0 Å². The highest BCUT2D eigenvalue weighted by molar-refractivity contribution is 7.11. The van der Waals surface area contributed by atoms with Gasteiger partial charge in [0.25, 0.3) is 0 Å². The van der Waals surface area contributed by atoms with Crippen molar-refractivity contribution in [3.05, 3.63) is 62.5 Å². The van der Waals surface area contributed by atoms with Crippen molar-refractivity contribution in [1.82, 2.24) is 9.88 Å². The molecule has 7 heteroatoms. The third-order valence-electron chi connectivity index (χ3n) is 3.59. The van der Waals surface area contributed by atoms with Crippen molar-refractivity contribution in [1.29, 1.82) is 0 Å². The second kappa shape index (κ2) is 8.12. The number of aromatic nitrogens is 1. The second-order valence-corrected chi connectivity index (χ2v) is 7.34. The minimum Gasteiger partial charge on any atom is -0.386 e. The van der Waals surface area contributed by atoms with Crippen LogP contribution in [0.5, 0.6) is 0 Å². The molecule has 0 saturated carbocycles. The van der Waals surface area contributed by atoms with Gasteiger partial charge < -0.3 is 10.0 Å². The molecule has 0 aliphatic rings. The average molecular weight is 385 g/mol. The van der Waals surface area contributed by atoms with Gasteiger partial charge in [-0.15, -0.1) is 11.3 Å². The molecule has 2 aromatic rings. The van der Waals surface area contributed by atoms with Crippen LogP contribution in [-0.2, 0) is 11.3 Å². The molecule has 0 spiro atoms. The highest BCUT2D eigenvalue weighted by atomic mass is 35.5. The molecule has 0 bridgehead atoms. The number of amides is 1. The Morgan fingerprint density at radius 2 is 2.17 bits per heavy atom. The maximum absolute atomic E-state index is 12.3. The third kappa shape index (κ3) is 4.36. The van der Waals surface area contributed by atoms with E-state index in [9.17, 15) is 9.90 Å². The molecule has 0 radical (unpaired) electrons. The first-order chi connectivity index (χ1) is 11.3. The molecule has 0 aliphatic heterocycles. The zero-order valence-corrected chi connectivity index (χ0v) is 15.7. The summed E-state index contributed by atoms with van der Waals surface area (Å²) in [4.78, 5) is 19.0. The SMILES string of the molecule is C=CC(=O)N(Cc1cnc(C(C)O)s1)C(C)c1ccc(Cl)cc1Cl. The summed E-state index contributed by atoms with van der Waals surface area (Å²) in [6.45, 7) is 7.48. The maximum Gasteiger partial charge on any atom is 0.246 e. The van der Waals surface area contributed by atoms with Gasteiger partial charge in [-0.25, -0.2) is 4.98 Å². The molecule has 2 atom stereocenters. The van der Waals surface area contributed by atoms with Gasteiger partial charge in [0.15, 0.2) is 0 Å². The van der Waals surface area contributed by atoms with Crippen molar-refractivity contribution in [2.24, 2.45) is 0 Å². The van der Waals surface area contributed by atoms with Crippen LogP contribution >= 0.6 is 34.5 Å². The fraction of sp³-hybridized carbons (Fsp3) is 0.294. The Kier molecular flexibility index (Phi) is 6.40. The summed E-state index contributed by atoms with van der Waals surface area (Å²) < 4.78 is 0. The standard InChI is InChI=1S/C17H18Cl2N2O2S/c1-4-16(23)21(9-13-8-20-17(24-13)11(3)22)10(2)14-6-5-12(18)7-15(14)19/h4-8,10-11,22H,1,9H2,2-3H3. The van der Waals surface area contributed by atoms with E-state index in [2.05, 4.69) is 11.6 Å². The number of nitrogens with zero attached hydrogens (tertiary/aromatic N) is 2. The van der Waals surface area contributed by atoms with Crippen molar-refractivity contribution in [2.75, 3.05) is 0 Å². The highest BCUT2D eigenvalue weighted by Gasteiger charge is 2.23. The van der Waals surface area contributed by atoms with Crippen LogP contribution in [0.25, 0.3) is 0 Å². The lowest BCUT2D eigenvalue weighted by atomic mass is 10.1. The molecule has 1 N–H and O–H groups in total. The zero-order valence-electron chi connectivity index (χ0n) is 13.4. The van der Waals surface area contributed by atoms with Crippen molar-refractivity contribution in [3.63, 3.8) is 0 Å². The monoisotopic (exact) mass is 384 g/mol. The van der Waals surface area contributed by atoms with Crippen LogP contribution < -0.4 is 0 Å². The minimum absolute atomic E-state index is 0.208. The van der Waals surface area contributed by atoms with Crippen LogP contribution in [0.4, 0.5) is 0 Å². The number of carbonyl (C=O) groups excluding carboxylic acids is 1. The van der Waals surface area contributed by atoms with Crippen LogP contribution in [0.15, 0.2) is 37.1 Å². The zero-order chi connectivity index (χ0) is 17.9. The van der Waals surface area contributed by atoms with Gasteiger partial charge in [0, 0.05) is 21.1 Å². The van der Waals surface area contributed by atoms with E-state index >= 15 is 0 Å². The van der Waals surface area contributed by atoms with Gasteiger partial charge in [0.1, 0.15) is 11.1 Å². The lowest BCUT2D eigenvalue weighted by Gasteiger charge is -2.28.